The van der Waals surface area contributed by atoms with Gasteiger partial charge in [-0.15, -0.1) is 0 Å². The number of benzene rings is 2. The smallest absolute Gasteiger partial charge is 0.224 e. The van der Waals surface area contributed by atoms with E-state index in [1.165, 1.54) is 5.69 Å². The molecule has 29 heavy (non-hydrogen) atoms. The Balaban J connectivity index is 1.51. The molecule has 0 saturated carbocycles. The Hall–Kier alpha value is -2.53. The van der Waals surface area contributed by atoms with Crippen molar-refractivity contribution in [2.75, 3.05) is 49.5 Å². The summed E-state index contributed by atoms with van der Waals surface area (Å²) >= 11 is 0. The number of likely N-dealkylation sites (N-methyl/N-ethyl adjacent to an activating group) is 1. The number of carbonyl (C=O) groups is 1. The third-order valence-electron chi connectivity index (χ3n) is 5.54. The molecule has 0 radical (unpaired) electrons. The maximum absolute atomic E-state index is 12.4. The van der Waals surface area contributed by atoms with Crippen molar-refractivity contribution in [3.05, 3.63) is 53.6 Å². The number of nitrogens with one attached hydrogen (secondary N) is 1. The van der Waals surface area contributed by atoms with Crippen LogP contribution >= 0.6 is 0 Å². The molecule has 0 aromatic heterocycles. The number of anilines is 2. The molecule has 0 aliphatic carbocycles. The lowest BCUT2D eigenvalue weighted by molar-refractivity contribution is -0.116. The van der Waals surface area contributed by atoms with Gasteiger partial charge in [0, 0.05) is 44.0 Å². The highest BCUT2D eigenvalue weighted by molar-refractivity contribution is 5.91. The Kier molecular flexibility index (Phi) is 7.53. The highest BCUT2D eigenvalue weighted by atomic mass is 16.5. The predicted molar refractivity (Wildman–Crippen MR) is 120 cm³/mol. The first-order valence-corrected chi connectivity index (χ1v) is 10.7. The quantitative estimate of drug-likeness (QED) is 0.731. The average Bonchev–Trinajstić information content (AvgIpc) is 2.75. The lowest BCUT2D eigenvalue weighted by Gasteiger charge is -2.35. The molecule has 1 amide bonds. The Morgan fingerprint density at radius 1 is 1.03 bits per heavy atom. The molecule has 2 aromatic rings. The van der Waals surface area contributed by atoms with E-state index < -0.39 is 0 Å². The minimum absolute atomic E-state index is 0.0475. The standard InChI is InChI=1S/C24H33N3O2/c1-4-26-14-16-27(17-15-26)21-9-12-23(19(3)18-21)25-24(28)13-8-20-6-10-22(11-7-20)29-5-2/h6-7,9-12,18H,4-5,8,13-17H2,1-3H3,(H,25,28). The molecule has 0 unspecified atom stereocenters. The van der Waals surface area contributed by atoms with Gasteiger partial charge in [-0.2, -0.15) is 0 Å². The van der Waals surface area contributed by atoms with E-state index in [2.05, 4.69) is 41.1 Å². The fourth-order valence-corrected chi connectivity index (χ4v) is 3.70. The van der Waals surface area contributed by atoms with Crippen molar-refractivity contribution in [1.82, 2.24) is 4.90 Å². The van der Waals surface area contributed by atoms with Crippen LogP contribution in [0.4, 0.5) is 11.4 Å². The van der Waals surface area contributed by atoms with E-state index >= 15 is 0 Å². The molecule has 1 aliphatic heterocycles. The molecule has 0 bridgehead atoms. The number of amides is 1. The van der Waals surface area contributed by atoms with Gasteiger partial charge in [0.05, 0.1) is 6.61 Å². The molecule has 1 fully saturated rings. The van der Waals surface area contributed by atoms with Crippen molar-refractivity contribution in [3.8, 4) is 5.75 Å². The second-order valence-electron chi connectivity index (χ2n) is 7.55. The summed E-state index contributed by atoms with van der Waals surface area (Å²) in [5, 5.41) is 3.07. The summed E-state index contributed by atoms with van der Waals surface area (Å²) in [5.74, 6) is 0.916. The van der Waals surface area contributed by atoms with Gasteiger partial charge in [-0.3, -0.25) is 4.79 Å². The van der Waals surface area contributed by atoms with Gasteiger partial charge in [0.25, 0.3) is 0 Å². The van der Waals surface area contributed by atoms with E-state index in [1.807, 2.05) is 37.3 Å². The van der Waals surface area contributed by atoms with Crippen LogP contribution in [0.25, 0.3) is 0 Å². The molecule has 1 heterocycles. The summed E-state index contributed by atoms with van der Waals surface area (Å²) < 4.78 is 5.46. The second kappa shape index (κ2) is 10.3. The monoisotopic (exact) mass is 395 g/mol. The number of ether oxygens (including phenoxy) is 1. The normalized spacial score (nSPS) is 14.7. The summed E-state index contributed by atoms with van der Waals surface area (Å²) in [6.45, 7) is 12.4. The SMILES string of the molecule is CCOc1ccc(CCC(=O)Nc2ccc(N3CCN(CC)CC3)cc2C)cc1. The zero-order valence-electron chi connectivity index (χ0n) is 17.9. The Bertz CT molecular complexity index is 796. The van der Waals surface area contributed by atoms with E-state index in [0.29, 0.717) is 13.0 Å². The van der Waals surface area contributed by atoms with Crippen LogP contribution in [-0.4, -0.2) is 50.1 Å². The van der Waals surface area contributed by atoms with Gasteiger partial charge in [-0.1, -0.05) is 19.1 Å². The molecule has 0 atom stereocenters. The second-order valence-corrected chi connectivity index (χ2v) is 7.55. The maximum Gasteiger partial charge on any atom is 0.224 e. The lowest BCUT2D eigenvalue weighted by Crippen LogP contribution is -2.46. The van der Waals surface area contributed by atoms with Crippen molar-refractivity contribution in [3.63, 3.8) is 0 Å². The summed E-state index contributed by atoms with van der Waals surface area (Å²) in [5.41, 5.74) is 4.39. The number of hydrogen-bond acceptors (Lipinski definition) is 4. The fourth-order valence-electron chi connectivity index (χ4n) is 3.70. The van der Waals surface area contributed by atoms with Gasteiger partial charge in [0.1, 0.15) is 5.75 Å². The van der Waals surface area contributed by atoms with Crippen molar-refractivity contribution >= 4 is 17.3 Å². The number of rotatable bonds is 8. The molecule has 2 aromatic carbocycles. The Morgan fingerprint density at radius 3 is 2.38 bits per heavy atom. The van der Waals surface area contributed by atoms with Crippen LogP contribution in [0.3, 0.4) is 0 Å². The molecule has 1 aliphatic rings. The van der Waals surface area contributed by atoms with Crippen molar-refractivity contribution < 1.29 is 9.53 Å². The molecule has 156 valence electrons. The minimum Gasteiger partial charge on any atom is -0.494 e. The summed E-state index contributed by atoms with van der Waals surface area (Å²) in [6, 6.07) is 14.3. The number of piperazine rings is 1. The van der Waals surface area contributed by atoms with Gasteiger partial charge in [-0.05, 0) is 68.3 Å². The zero-order valence-corrected chi connectivity index (χ0v) is 17.9. The summed E-state index contributed by atoms with van der Waals surface area (Å²) in [6.07, 6.45) is 1.19. The molecular formula is C24H33N3O2. The molecule has 5 nitrogen and oxygen atoms in total. The minimum atomic E-state index is 0.0475. The van der Waals surface area contributed by atoms with Gasteiger partial charge >= 0.3 is 0 Å². The van der Waals surface area contributed by atoms with E-state index in [-0.39, 0.29) is 5.91 Å². The molecule has 1 saturated heterocycles. The third kappa shape index (κ3) is 5.97. The highest BCUT2D eigenvalue weighted by Gasteiger charge is 2.16. The van der Waals surface area contributed by atoms with Crippen molar-refractivity contribution in [2.24, 2.45) is 0 Å². The number of carbonyl (C=O) groups excluding carboxylic acids is 1. The third-order valence-corrected chi connectivity index (χ3v) is 5.54. The first-order valence-electron chi connectivity index (χ1n) is 10.7. The molecule has 0 spiro atoms. The Labute approximate surface area is 174 Å². The predicted octanol–water partition coefficient (Wildman–Crippen LogP) is 4.11. The van der Waals surface area contributed by atoms with Crippen LogP contribution in [0, 0.1) is 6.92 Å². The number of hydrogen-bond donors (Lipinski definition) is 1. The largest absolute Gasteiger partial charge is 0.494 e. The van der Waals surface area contributed by atoms with E-state index in [9.17, 15) is 4.79 Å². The highest BCUT2D eigenvalue weighted by Crippen LogP contribution is 2.24. The zero-order chi connectivity index (χ0) is 20.6. The van der Waals surface area contributed by atoms with Crippen molar-refractivity contribution in [1.29, 1.82) is 0 Å². The van der Waals surface area contributed by atoms with E-state index in [4.69, 9.17) is 4.74 Å². The first-order chi connectivity index (χ1) is 14.1. The lowest BCUT2D eigenvalue weighted by atomic mass is 10.1. The van der Waals surface area contributed by atoms with Crippen LogP contribution in [0.15, 0.2) is 42.5 Å². The van der Waals surface area contributed by atoms with Crippen LogP contribution < -0.4 is 15.0 Å². The number of nitrogens with zero attached hydrogens (tertiary/aromatic N) is 2. The maximum atomic E-state index is 12.4. The molecule has 5 heteroatoms. The van der Waals surface area contributed by atoms with Crippen LogP contribution in [-0.2, 0) is 11.2 Å². The topological polar surface area (TPSA) is 44.8 Å². The van der Waals surface area contributed by atoms with Crippen molar-refractivity contribution in [2.45, 2.75) is 33.6 Å². The fraction of sp³-hybridized carbons (Fsp3) is 0.458. The van der Waals surface area contributed by atoms with Crippen LogP contribution in [0.2, 0.25) is 0 Å². The van der Waals surface area contributed by atoms with Gasteiger partial charge in [-0.25, -0.2) is 0 Å². The van der Waals surface area contributed by atoms with Gasteiger partial charge in [0.2, 0.25) is 5.91 Å². The molecule has 1 N–H and O–H groups in total. The van der Waals surface area contributed by atoms with Crippen LogP contribution in [0.1, 0.15) is 31.4 Å². The van der Waals surface area contributed by atoms with Crippen LogP contribution in [0.5, 0.6) is 5.75 Å². The molecule has 3 rings (SSSR count). The van der Waals surface area contributed by atoms with E-state index in [0.717, 1.165) is 61.7 Å². The first kappa shape index (κ1) is 21.2. The summed E-state index contributed by atoms with van der Waals surface area (Å²) in [7, 11) is 0. The van der Waals surface area contributed by atoms with Gasteiger partial charge < -0.3 is 19.9 Å². The average molecular weight is 396 g/mol. The molecular weight excluding hydrogens is 362 g/mol. The Morgan fingerprint density at radius 2 is 1.76 bits per heavy atom. The summed E-state index contributed by atoms with van der Waals surface area (Å²) in [4.78, 5) is 17.3. The number of aryl methyl sites for hydroxylation is 2. The van der Waals surface area contributed by atoms with Gasteiger partial charge in [0.15, 0.2) is 0 Å². The van der Waals surface area contributed by atoms with E-state index in [1.54, 1.807) is 0 Å².